The first-order chi connectivity index (χ1) is 18.3. The van der Waals surface area contributed by atoms with Crippen LogP contribution in [0.1, 0.15) is 52.4 Å². The third kappa shape index (κ3) is 4.81. The Hall–Kier alpha value is -3.29. The Morgan fingerprint density at radius 3 is 2.05 bits per heavy atom. The molecule has 0 spiro atoms. The number of hydrogen-bond acceptors (Lipinski definition) is 3. The summed E-state index contributed by atoms with van der Waals surface area (Å²) >= 11 is 0. The van der Waals surface area contributed by atoms with Crippen LogP contribution in [0.2, 0.25) is 0 Å². The molecule has 4 aromatic rings. The smallest absolute Gasteiger partial charge is 0.201 e. The second-order valence-corrected chi connectivity index (χ2v) is 9.97. The maximum atomic E-state index is 15.2. The van der Waals surface area contributed by atoms with Crippen molar-refractivity contribution in [1.82, 2.24) is 0 Å². The van der Waals surface area contributed by atoms with Gasteiger partial charge in [-0.2, -0.15) is 4.39 Å². The number of fused-ring (bicyclic) bond motifs is 3. The third-order valence-electron chi connectivity index (χ3n) is 7.46. The summed E-state index contributed by atoms with van der Waals surface area (Å²) < 4.78 is 90.8. The lowest BCUT2D eigenvalue weighted by Gasteiger charge is -2.28. The molecule has 1 saturated carbocycles. The van der Waals surface area contributed by atoms with Gasteiger partial charge in [0, 0.05) is 11.6 Å². The van der Waals surface area contributed by atoms with Gasteiger partial charge in [-0.05, 0) is 55.4 Å². The molecule has 3 nitrogen and oxygen atoms in total. The van der Waals surface area contributed by atoms with E-state index in [0.717, 1.165) is 49.8 Å². The summed E-state index contributed by atoms with van der Waals surface area (Å²) in [6, 6.07) is 6.12. The van der Waals surface area contributed by atoms with Crippen LogP contribution >= 0.6 is 0 Å². The predicted octanol–water partition coefficient (Wildman–Crippen LogP) is 9.33. The molecule has 1 aliphatic carbocycles. The van der Waals surface area contributed by atoms with E-state index in [4.69, 9.17) is 13.9 Å². The van der Waals surface area contributed by atoms with Crippen molar-refractivity contribution in [3.05, 3.63) is 59.4 Å². The van der Waals surface area contributed by atoms with Gasteiger partial charge in [0.1, 0.15) is 11.2 Å². The molecule has 1 aromatic heterocycles. The monoisotopic (exact) mass is 532 g/mol. The number of benzene rings is 3. The van der Waals surface area contributed by atoms with Gasteiger partial charge in [0.05, 0.1) is 24.0 Å². The highest BCUT2D eigenvalue weighted by Gasteiger charge is 2.26. The highest BCUT2D eigenvalue weighted by atomic mass is 19.2. The van der Waals surface area contributed by atoms with Crippen LogP contribution in [0.25, 0.3) is 33.1 Å². The van der Waals surface area contributed by atoms with Crippen molar-refractivity contribution in [2.24, 2.45) is 11.8 Å². The van der Waals surface area contributed by atoms with Gasteiger partial charge in [0.25, 0.3) is 0 Å². The van der Waals surface area contributed by atoms with Crippen LogP contribution in [0, 0.1) is 40.9 Å². The maximum Gasteiger partial charge on any atom is 0.201 e. The van der Waals surface area contributed by atoms with Crippen molar-refractivity contribution in [1.29, 1.82) is 0 Å². The summed E-state index contributed by atoms with van der Waals surface area (Å²) in [6.07, 6.45) is 6.82. The van der Waals surface area contributed by atoms with Gasteiger partial charge in [-0.1, -0.05) is 38.7 Å². The minimum atomic E-state index is -1.42. The Kier molecular flexibility index (Phi) is 7.50. The Morgan fingerprint density at radius 1 is 0.737 bits per heavy atom. The van der Waals surface area contributed by atoms with Crippen molar-refractivity contribution in [2.45, 2.75) is 52.4 Å². The van der Waals surface area contributed by atoms with E-state index in [1.807, 2.05) is 0 Å². The van der Waals surface area contributed by atoms with Gasteiger partial charge in [-0.25, -0.2) is 17.6 Å². The minimum absolute atomic E-state index is 0.0381. The van der Waals surface area contributed by atoms with E-state index >= 15 is 8.78 Å². The van der Waals surface area contributed by atoms with Crippen LogP contribution in [0.3, 0.4) is 0 Å². The standard InChI is InChI=1S/C30H29F5O3/c1-3-5-16-6-8-17(9-7-16)15-37-21-11-10-18(12-20(21)31)19-13-22-25(29(34)27(19)32)26-23(38-22)14-24(36-4-2)28(33)30(26)35/h10-14,16-17H,3-9,15H2,1-2H3. The molecular formula is C30H29F5O3. The van der Waals surface area contributed by atoms with Crippen LogP contribution in [0.5, 0.6) is 11.5 Å². The molecule has 3 aromatic carbocycles. The van der Waals surface area contributed by atoms with Crippen LogP contribution in [-0.4, -0.2) is 13.2 Å². The Labute approximate surface area is 217 Å². The average molecular weight is 533 g/mol. The molecule has 0 atom stereocenters. The maximum absolute atomic E-state index is 15.2. The second kappa shape index (κ2) is 10.8. The molecule has 8 heteroatoms. The summed E-state index contributed by atoms with van der Waals surface area (Å²) in [4.78, 5) is 0. The fourth-order valence-electron chi connectivity index (χ4n) is 5.49. The van der Waals surface area contributed by atoms with E-state index in [2.05, 4.69) is 6.92 Å². The van der Waals surface area contributed by atoms with Gasteiger partial charge in [0.15, 0.2) is 34.8 Å². The number of halogens is 5. The molecule has 0 unspecified atom stereocenters. The van der Waals surface area contributed by atoms with Crippen LogP contribution in [0.4, 0.5) is 22.0 Å². The van der Waals surface area contributed by atoms with Crippen molar-refractivity contribution >= 4 is 21.9 Å². The topological polar surface area (TPSA) is 31.6 Å². The third-order valence-corrected chi connectivity index (χ3v) is 7.46. The molecule has 0 aliphatic heterocycles. The van der Waals surface area contributed by atoms with E-state index < -0.39 is 45.6 Å². The summed E-state index contributed by atoms with van der Waals surface area (Å²) in [5.41, 5.74) is -0.633. The molecule has 0 bridgehead atoms. The normalized spacial score (nSPS) is 17.9. The predicted molar refractivity (Wildman–Crippen MR) is 136 cm³/mol. The fraction of sp³-hybridized carbons (Fsp3) is 0.400. The lowest BCUT2D eigenvalue weighted by Crippen LogP contribution is -2.20. The molecule has 5 rings (SSSR count). The SMILES string of the molecule is CCCC1CCC(COc2ccc(-c3cc4oc5cc(OCC)c(F)c(F)c5c4c(F)c3F)cc2F)CC1. The summed E-state index contributed by atoms with van der Waals surface area (Å²) in [5.74, 6) is -5.42. The van der Waals surface area contributed by atoms with E-state index in [9.17, 15) is 13.2 Å². The quantitative estimate of drug-likeness (QED) is 0.212. The number of rotatable bonds is 8. The lowest BCUT2D eigenvalue weighted by atomic mass is 9.80. The summed E-state index contributed by atoms with van der Waals surface area (Å²) in [7, 11) is 0. The van der Waals surface area contributed by atoms with Crippen molar-refractivity contribution < 1.29 is 35.8 Å². The minimum Gasteiger partial charge on any atom is -0.491 e. The fourth-order valence-corrected chi connectivity index (χ4v) is 5.49. The van der Waals surface area contributed by atoms with Gasteiger partial charge < -0.3 is 13.9 Å². The number of furan rings is 1. The molecule has 1 fully saturated rings. The molecule has 1 heterocycles. The van der Waals surface area contributed by atoms with E-state index in [0.29, 0.717) is 12.5 Å². The largest absolute Gasteiger partial charge is 0.491 e. The average Bonchev–Trinajstić information content (AvgIpc) is 3.28. The van der Waals surface area contributed by atoms with E-state index in [1.54, 1.807) is 6.92 Å². The van der Waals surface area contributed by atoms with Gasteiger partial charge in [-0.15, -0.1) is 0 Å². The molecular weight excluding hydrogens is 503 g/mol. The van der Waals surface area contributed by atoms with Crippen molar-refractivity contribution in [2.75, 3.05) is 13.2 Å². The summed E-state index contributed by atoms with van der Waals surface area (Å²) in [5, 5.41) is -1.06. The van der Waals surface area contributed by atoms with Gasteiger partial charge >= 0.3 is 0 Å². The number of hydrogen-bond donors (Lipinski definition) is 0. The molecule has 0 saturated heterocycles. The number of ether oxygens (including phenoxy) is 2. The zero-order chi connectivity index (χ0) is 27.0. The van der Waals surface area contributed by atoms with Gasteiger partial charge in [0.2, 0.25) is 5.82 Å². The first kappa shape index (κ1) is 26.3. The summed E-state index contributed by atoms with van der Waals surface area (Å²) in [6.45, 7) is 4.25. The van der Waals surface area contributed by atoms with Crippen LogP contribution < -0.4 is 9.47 Å². The lowest BCUT2D eigenvalue weighted by molar-refractivity contribution is 0.174. The molecule has 0 amide bonds. The van der Waals surface area contributed by atoms with Gasteiger partial charge in [-0.3, -0.25) is 0 Å². The molecule has 0 radical (unpaired) electrons. The van der Waals surface area contributed by atoms with E-state index in [-0.39, 0.29) is 34.6 Å². The molecule has 38 heavy (non-hydrogen) atoms. The molecule has 1 aliphatic rings. The Balaban J connectivity index is 1.42. The zero-order valence-electron chi connectivity index (χ0n) is 21.3. The van der Waals surface area contributed by atoms with Crippen molar-refractivity contribution in [3.63, 3.8) is 0 Å². The Bertz CT molecular complexity index is 1470. The van der Waals surface area contributed by atoms with Crippen LogP contribution in [0.15, 0.2) is 34.7 Å². The highest BCUT2D eigenvalue weighted by molar-refractivity contribution is 6.07. The molecule has 202 valence electrons. The Morgan fingerprint density at radius 2 is 1.39 bits per heavy atom. The van der Waals surface area contributed by atoms with E-state index in [1.165, 1.54) is 25.0 Å². The first-order valence-electron chi connectivity index (χ1n) is 13.1. The first-order valence-corrected chi connectivity index (χ1v) is 13.1. The second-order valence-electron chi connectivity index (χ2n) is 9.97. The zero-order valence-corrected chi connectivity index (χ0v) is 21.3. The highest BCUT2D eigenvalue weighted by Crippen LogP contribution is 2.41. The molecule has 0 N–H and O–H groups in total. The van der Waals surface area contributed by atoms with Crippen molar-refractivity contribution in [3.8, 4) is 22.6 Å². The van der Waals surface area contributed by atoms with Crippen LogP contribution in [-0.2, 0) is 0 Å².